The summed E-state index contributed by atoms with van der Waals surface area (Å²) in [6.07, 6.45) is 0. The molecule has 1 unspecified atom stereocenters. The minimum absolute atomic E-state index is 0.101. The molecule has 7 nitrogen and oxygen atoms in total. The Morgan fingerprint density at radius 1 is 1.47 bits per heavy atom. The largest absolute Gasteiger partial charge is 0.273 e. The minimum atomic E-state index is -3.77. The average Bonchev–Trinajstić information content (AvgIpc) is 2.36. The summed E-state index contributed by atoms with van der Waals surface area (Å²) in [5.41, 5.74) is -0.145. The molecule has 102 valence electrons. The van der Waals surface area contributed by atoms with Crippen LogP contribution in [0.5, 0.6) is 0 Å². The third-order valence-electron chi connectivity index (χ3n) is 2.70. The van der Waals surface area contributed by atoms with E-state index in [4.69, 9.17) is 5.26 Å². The maximum Gasteiger partial charge on any atom is 0.273 e. The first kappa shape index (κ1) is 15.1. The van der Waals surface area contributed by atoms with Crippen LogP contribution in [0.15, 0.2) is 24.3 Å². The van der Waals surface area contributed by atoms with Crippen molar-refractivity contribution in [1.29, 1.82) is 5.26 Å². The van der Waals surface area contributed by atoms with Gasteiger partial charge in [0.1, 0.15) is 6.04 Å². The lowest BCUT2D eigenvalue weighted by Crippen LogP contribution is -2.35. The zero-order valence-electron chi connectivity index (χ0n) is 10.5. The van der Waals surface area contributed by atoms with E-state index in [9.17, 15) is 18.5 Å². The Morgan fingerprint density at radius 3 is 2.58 bits per heavy atom. The van der Waals surface area contributed by atoms with Gasteiger partial charge in [-0.2, -0.15) is 9.57 Å². The van der Waals surface area contributed by atoms with E-state index in [0.717, 1.165) is 4.31 Å². The zero-order chi connectivity index (χ0) is 14.6. The van der Waals surface area contributed by atoms with Crippen molar-refractivity contribution < 1.29 is 13.3 Å². The highest BCUT2D eigenvalue weighted by Crippen LogP contribution is 2.21. The maximum absolute atomic E-state index is 12.0. The molecule has 0 saturated heterocycles. The highest BCUT2D eigenvalue weighted by Gasteiger charge is 2.26. The minimum Gasteiger partial charge on any atom is -0.258 e. The van der Waals surface area contributed by atoms with E-state index in [0.29, 0.717) is 0 Å². The summed E-state index contributed by atoms with van der Waals surface area (Å²) in [4.78, 5) is 10.2. The number of sulfonamides is 1. The van der Waals surface area contributed by atoms with Crippen LogP contribution in [0.3, 0.4) is 0 Å². The van der Waals surface area contributed by atoms with Gasteiger partial charge in [-0.05, 0) is 6.92 Å². The van der Waals surface area contributed by atoms with Crippen LogP contribution in [-0.4, -0.2) is 30.7 Å². The lowest BCUT2D eigenvalue weighted by molar-refractivity contribution is -0.385. The van der Waals surface area contributed by atoms with Crippen LogP contribution in [-0.2, 0) is 15.8 Å². The molecule has 8 heteroatoms. The molecule has 0 bridgehead atoms. The van der Waals surface area contributed by atoms with Crippen LogP contribution in [0, 0.1) is 21.4 Å². The van der Waals surface area contributed by atoms with Gasteiger partial charge in [-0.15, -0.1) is 0 Å². The second-order valence-electron chi connectivity index (χ2n) is 3.96. The van der Waals surface area contributed by atoms with Gasteiger partial charge in [-0.25, -0.2) is 8.42 Å². The molecular formula is C11H13N3O4S. The van der Waals surface area contributed by atoms with E-state index in [1.807, 2.05) is 0 Å². The van der Waals surface area contributed by atoms with Gasteiger partial charge in [0.05, 0.1) is 16.7 Å². The molecule has 0 aromatic heterocycles. The summed E-state index contributed by atoms with van der Waals surface area (Å²) in [6, 6.07) is 6.62. The molecule has 0 radical (unpaired) electrons. The Morgan fingerprint density at radius 2 is 2.05 bits per heavy atom. The van der Waals surface area contributed by atoms with E-state index < -0.39 is 26.7 Å². The van der Waals surface area contributed by atoms with Crippen LogP contribution in [0.1, 0.15) is 12.5 Å². The number of nitro benzene ring substituents is 1. The standard InChI is InChI=1S/C11H13N3O4S/c1-9(7-12)13(2)19(17,18)8-10-5-3-4-6-11(10)14(15)16/h3-6,9H,8H2,1-2H3. The van der Waals surface area contributed by atoms with Gasteiger partial charge in [0.2, 0.25) is 10.0 Å². The number of hydrogen-bond donors (Lipinski definition) is 0. The van der Waals surface area contributed by atoms with Crippen LogP contribution in [0.2, 0.25) is 0 Å². The van der Waals surface area contributed by atoms with Crippen molar-refractivity contribution in [2.45, 2.75) is 18.7 Å². The monoisotopic (exact) mass is 283 g/mol. The molecule has 1 aromatic rings. The number of benzene rings is 1. The first-order chi connectivity index (χ1) is 8.79. The molecule has 0 aliphatic rings. The molecule has 0 spiro atoms. The summed E-state index contributed by atoms with van der Waals surface area (Å²) in [6.45, 7) is 1.44. The van der Waals surface area contributed by atoms with Crippen LogP contribution < -0.4 is 0 Å². The van der Waals surface area contributed by atoms with Crippen molar-refractivity contribution in [2.75, 3.05) is 7.05 Å². The number of para-hydroxylation sites is 1. The molecule has 0 saturated carbocycles. The molecule has 1 atom stereocenters. The third-order valence-corrected chi connectivity index (χ3v) is 4.57. The van der Waals surface area contributed by atoms with Crippen LogP contribution in [0.25, 0.3) is 0 Å². The lowest BCUT2D eigenvalue weighted by atomic mass is 10.2. The molecule has 1 aromatic carbocycles. The van der Waals surface area contributed by atoms with Crippen LogP contribution >= 0.6 is 0 Å². The van der Waals surface area contributed by atoms with E-state index in [1.165, 1.54) is 38.2 Å². The van der Waals surface area contributed by atoms with E-state index in [1.54, 1.807) is 6.07 Å². The Balaban J connectivity index is 3.10. The Bertz CT molecular complexity index is 621. The fourth-order valence-corrected chi connectivity index (χ4v) is 2.80. The van der Waals surface area contributed by atoms with Crippen molar-refractivity contribution in [3.63, 3.8) is 0 Å². The zero-order valence-corrected chi connectivity index (χ0v) is 11.3. The predicted octanol–water partition coefficient (Wildman–Crippen LogP) is 1.27. The molecule has 0 aliphatic carbocycles. The summed E-state index contributed by atoms with van der Waals surface area (Å²) < 4.78 is 25.0. The second-order valence-corrected chi connectivity index (χ2v) is 5.99. The molecule has 0 aliphatic heterocycles. The number of nitrogens with zero attached hydrogens (tertiary/aromatic N) is 3. The van der Waals surface area contributed by atoms with Gasteiger partial charge in [-0.3, -0.25) is 10.1 Å². The molecule has 19 heavy (non-hydrogen) atoms. The normalized spacial score (nSPS) is 12.9. The second kappa shape index (κ2) is 5.77. The van der Waals surface area contributed by atoms with Crippen molar-refractivity contribution in [1.82, 2.24) is 4.31 Å². The number of nitro groups is 1. The smallest absolute Gasteiger partial charge is 0.258 e. The van der Waals surface area contributed by atoms with Gasteiger partial charge < -0.3 is 0 Å². The summed E-state index contributed by atoms with van der Waals surface area (Å²) >= 11 is 0. The Hall–Kier alpha value is -1.98. The highest BCUT2D eigenvalue weighted by molar-refractivity contribution is 7.88. The van der Waals surface area contributed by atoms with Gasteiger partial charge in [0, 0.05) is 18.7 Å². The van der Waals surface area contributed by atoms with Crippen molar-refractivity contribution in [3.05, 3.63) is 39.9 Å². The Kier molecular flexibility index (Phi) is 4.58. The maximum atomic E-state index is 12.0. The first-order valence-electron chi connectivity index (χ1n) is 5.37. The fraction of sp³-hybridized carbons (Fsp3) is 0.364. The SMILES string of the molecule is CC(C#N)N(C)S(=O)(=O)Cc1ccccc1[N+](=O)[O-]. The van der Waals surface area contributed by atoms with Gasteiger partial charge in [0.25, 0.3) is 5.69 Å². The van der Waals surface area contributed by atoms with Crippen molar-refractivity contribution in [3.8, 4) is 6.07 Å². The number of hydrogen-bond acceptors (Lipinski definition) is 5. The first-order valence-corrected chi connectivity index (χ1v) is 6.98. The molecular weight excluding hydrogens is 270 g/mol. The third kappa shape index (κ3) is 3.49. The Labute approximate surface area is 111 Å². The summed E-state index contributed by atoms with van der Waals surface area (Å²) in [5, 5.41) is 19.5. The van der Waals surface area contributed by atoms with E-state index in [2.05, 4.69) is 0 Å². The topological polar surface area (TPSA) is 104 Å². The quantitative estimate of drug-likeness (QED) is 0.597. The molecule has 0 amide bonds. The lowest BCUT2D eigenvalue weighted by Gasteiger charge is -2.18. The van der Waals surface area contributed by atoms with Crippen molar-refractivity contribution in [2.24, 2.45) is 0 Å². The summed E-state index contributed by atoms with van der Waals surface area (Å²) in [5.74, 6) is -0.507. The van der Waals surface area contributed by atoms with E-state index in [-0.39, 0.29) is 11.3 Å². The van der Waals surface area contributed by atoms with Crippen LogP contribution in [0.4, 0.5) is 5.69 Å². The van der Waals surface area contributed by atoms with Gasteiger partial charge in [0.15, 0.2) is 0 Å². The summed E-state index contributed by atoms with van der Waals surface area (Å²) in [7, 11) is -2.50. The highest BCUT2D eigenvalue weighted by atomic mass is 32.2. The fourth-order valence-electron chi connectivity index (χ4n) is 1.43. The molecule has 0 fully saturated rings. The van der Waals surface area contributed by atoms with E-state index >= 15 is 0 Å². The van der Waals surface area contributed by atoms with Gasteiger partial charge >= 0.3 is 0 Å². The van der Waals surface area contributed by atoms with Gasteiger partial charge in [-0.1, -0.05) is 18.2 Å². The predicted molar refractivity (Wildman–Crippen MR) is 68.6 cm³/mol. The number of nitriles is 1. The average molecular weight is 283 g/mol. The molecule has 0 heterocycles. The number of rotatable bonds is 5. The molecule has 0 N–H and O–H groups in total. The molecule has 1 rings (SSSR count). The van der Waals surface area contributed by atoms with Crippen molar-refractivity contribution >= 4 is 15.7 Å².